The van der Waals surface area contributed by atoms with E-state index >= 15 is 0 Å². The SMILES string of the molecule is CCO[Si](CCCOS(=O)(=S)OC)(OCC)OCC. The van der Waals surface area contributed by atoms with Crippen molar-refractivity contribution in [3.8, 4) is 0 Å². The van der Waals surface area contributed by atoms with Gasteiger partial charge in [-0.15, -0.1) is 0 Å². The first-order chi connectivity index (χ1) is 8.95. The zero-order valence-corrected chi connectivity index (χ0v) is 14.6. The van der Waals surface area contributed by atoms with E-state index in [-0.39, 0.29) is 6.61 Å². The van der Waals surface area contributed by atoms with Crippen molar-refractivity contribution in [3.63, 3.8) is 0 Å². The second-order valence-electron chi connectivity index (χ2n) is 3.48. The van der Waals surface area contributed by atoms with Crippen LogP contribution < -0.4 is 0 Å². The Balaban J connectivity index is 4.32. The minimum absolute atomic E-state index is 0.220. The van der Waals surface area contributed by atoms with Crippen LogP contribution in [0.15, 0.2) is 0 Å². The predicted molar refractivity (Wildman–Crippen MR) is 78.5 cm³/mol. The lowest BCUT2D eigenvalue weighted by atomic mass is 10.5. The van der Waals surface area contributed by atoms with Gasteiger partial charge in [0, 0.05) is 37.1 Å². The molecule has 9 heteroatoms. The van der Waals surface area contributed by atoms with Gasteiger partial charge in [0.05, 0.1) is 13.7 Å². The van der Waals surface area contributed by atoms with E-state index in [1.165, 1.54) is 7.11 Å². The Hall–Kier alpha value is 0.387. The highest BCUT2D eigenvalue weighted by atomic mass is 32.9. The van der Waals surface area contributed by atoms with E-state index < -0.39 is 17.9 Å². The molecule has 0 amide bonds. The van der Waals surface area contributed by atoms with Crippen molar-refractivity contribution < 1.29 is 25.9 Å². The molecule has 0 N–H and O–H groups in total. The van der Waals surface area contributed by atoms with Gasteiger partial charge in [-0.3, -0.25) is 8.37 Å². The van der Waals surface area contributed by atoms with E-state index in [4.69, 9.17) is 17.5 Å². The molecule has 0 bridgehead atoms. The first-order valence-corrected chi connectivity index (χ1v) is 10.6. The maximum atomic E-state index is 11.3. The maximum Gasteiger partial charge on any atom is 0.501 e. The standard InChI is InChI=1S/C10H24O6S2Si/c1-5-14-19(15-6-2,16-7-3)10-8-9-13-18(11,17)12-4/h5-10H2,1-4H3. The van der Waals surface area contributed by atoms with Crippen molar-refractivity contribution in [2.75, 3.05) is 33.5 Å². The summed E-state index contributed by atoms with van der Waals surface area (Å²) in [6.07, 6.45) is 0.587. The molecule has 0 fully saturated rings. The summed E-state index contributed by atoms with van der Waals surface area (Å²) in [5, 5.41) is 0. The Morgan fingerprint density at radius 2 is 1.53 bits per heavy atom. The summed E-state index contributed by atoms with van der Waals surface area (Å²) in [7, 11) is -4.44. The van der Waals surface area contributed by atoms with E-state index in [2.05, 4.69) is 15.4 Å². The van der Waals surface area contributed by atoms with Crippen LogP contribution in [0.3, 0.4) is 0 Å². The fourth-order valence-corrected chi connectivity index (χ4v) is 4.70. The Kier molecular flexibility index (Phi) is 10.4. The molecule has 0 saturated heterocycles. The first kappa shape index (κ1) is 19.4. The largest absolute Gasteiger partial charge is 0.501 e. The van der Waals surface area contributed by atoms with Crippen LogP contribution in [-0.2, 0) is 41.9 Å². The lowest BCUT2D eigenvalue weighted by molar-refractivity contribution is 0.0696. The average Bonchev–Trinajstić information content (AvgIpc) is 2.36. The molecule has 6 nitrogen and oxygen atoms in total. The highest BCUT2D eigenvalue weighted by Gasteiger charge is 2.39. The Morgan fingerprint density at radius 3 is 1.89 bits per heavy atom. The molecule has 0 aromatic carbocycles. The fraction of sp³-hybridized carbons (Fsp3) is 1.00. The molecule has 0 aromatic rings. The number of rotatable bonds is 12. The summed E-state index contributed by atoms with van der Waals surface area (Å²) in [5.41, 5.74) is 0. The van der Waals surface area contributed by atoms with Crippen LogP contribution in [0.5, 0.6) is 0 Å². The molecule has 0 aliphatic carbocycles. The van der Waals surface area contributed by atoms with Crippen LogP contribution in [-0.4, -0.2) is 46.6 Å². The molecule has 0 saturated carbocycles. The predicted octanol–water partition coefficient (Wildman–Crippen LogP) is 1.66. The van der Waals surface area contributed by atoms with Gasteiger partial charge in [0.1, 0.15) is 0 Å². The van der Waals surface area contributed by atoms with E-state index in [0.717, 1.165) is 0 Å². The van der Waals surface area contributed by atoms with E-state index in [1.807, 2.05) is 20.8 Å². The molecule has 0 aliphatic rings. The van der Waals surface area contributed by atoms with Gasteiger partial charge in [0.25, 0.3) is 9.05 Å². The van der Waals surface area contributed by atoms with Crippen LogP contribution in [0, 0.1) is 0 Å². The van der Waals surface area contributed by atoms with Crippen LogP contribution >= 0.6 is 0 Å². The van der Waals surface area contributed by atoms with Crippen LogP contribution in [0.1, 0.15) is 27.2 Å². The second kappa shape index (κ2) is 10.2. The van der Waals surface area contributed by atoms with Gasteiger partial charge in [-0.05, 0) is 27.2 Å². The molecule has 0 radical (unpaired) electrons. The first-order valence-electron chi connectivity index (χ1n) is 6.32. The van der Waals surface area contributed by atoms with Gasteiger partial charge in [-0.2, -0.15) is 4.21 Å². The quantitative estimate of drug-likeness (QED) is 0.398. The molecule has 1 atom stereocenters. The van der Waals surface area contributed by atoms with Gasteiger partial charge < -0.3 is 13.3 Å². The highest BCUT2D eigenvalue weighted by molar-refractivity contribution is 8.27. The zero-order valence-electron chi connectivity index (χ0n) is 12.0. The summed E-state index contributed by atoms with van der Waals surface area (Å²) in [6, 6.07) is 0.594. The third-order valence-corrected chi connectivity index (χ3v) is 6.86. The van der Waals surface area contributed by atoms with Crippen molar-refractivity contribution in [2.45, 2.75) is 33.2 Å². The highest BCUT2D eigenvalue weighted by Crippen LogP contribution is 2.18. The average molecular weight is 333 g/mol. The van der Waals surface area contributed by atoms with Crippen molar-refractivity contribution in [1.82, 2.24) is 0 Å². The number of hydrogen-bond donors (Lipinski definition) is 0. The molecule has 0 aromatic heterocycles. The Bertz CT molecular complexity index is 305. The molecule has 1 unspecified atom stereocenters. The molecule has 0 aliphatic heterocycles. The molecular weight excluding hydrogens is 308 g/mol. The maximum absolute atomic E-state index is 11.3. The lowest BCUT2D eigenvalue weighted by Crippen LogP contribution is -2.46. The van der Waals surface area contributed by atoms with Crippen molar-refractivity contribution in [3.05, 3.63) is 0 Å². The lowest BCUT2D eigenvalue weighted by Gasteiger charge is -2.28. The molecule has 19 heavy (non-hydrogen) atoms. The van der Waals surface area contributed by atoms with Crippen molar-refractivity contribution >= 4 is 29.0 Å². The Labute approximate surface area is 122 Å². The van der Waals surface area contributed by atoms with Gasteiger partial charge in [0.2, 0.25) is 0 Å². The smallest absolute Gasteiger partial charge is 0.374 e. The van der Waals surface area contributed by atoms with Crippen LogP contribution in [0.2, 0.25) is 6.04 Å². The molecule has 0 spiro atoms. The summed E-state index contributed by atoms with van der Waals surface area (Å²) < 4.78 is 37.9. The van der Waals surface area contributed by atoms with Crippen molar-refractivity contribution in [2.24, 2.45) is 0 Å². The second-order valence-corrected chi connectivity index (χ2v) is 8.82. The monoisotopic (exact) mass is 332 g/mol. The van der Waals surface area contributed by atoms with E-state index in [9.17, 15) is 4.21 Å². The summed E-state index contributed by atoms with van der Waals surface area (Å²) in [6.45, 7) is 7.51. The third-order valence-electron chi connectivity index (χ3n) is 2.15. The summed E-state index contributed by atoms with van der Waals surface area (Å²) in [5.74, 6) is 0. The van der Waals surface area contributed by atoms with Gasteiger partial charge in [-0.25, -0.2) is 0 Å². The molecular formula is C10H24O6S2Si. The molecule has 0 heterocycles. The normalized spacial score (nSPS) is 15.4. The van der Waals surface area contributed by atoms with Crippen LogP contribution in [0.4, 0.5) is 0 Å². The van der Waals surface area contributed by atoms with E-state index in [0.29, 0.717) is 32.3 Å². The minimum Gasteiger partial charge on any atom is -0.374 e. The van der Waals surface area contributed by atoms with Gasteiger partial charge >= 0.3 is 8.80 Å². The third kappa shape index (κ3) is 8.30. The number of hydrogen-bond acceptors (Lipinski definition) is 7. The fourth-order valence-electron chi connectivity index (χ4n) is 1.50. The van der Waals surface area contributed by atoms with Gasteiger partial charge in [-0.1, -0.05) is 0 Å². The summed E-state index contributed by atoms with van der Waals surface area (Å²) >= 11 is 4.61. The molecule has 116 valence electrons. The topological polar surface area (TPSA) is 63.2 Å². The van der Waals surface area contributed by atoms with E-state index in [1.54, 1.807) is 0 Å². The van der Waals surface area contributed by atoms with Gasteiger partial charge in [0.15, 0.2) is 0 Å². The van der Waals surface area contributed by atoms with Crippen molar-refractivity contribution in [1.29, 1.82) is 0 Å². The minimum atomic E-state index is -3.05. The summed E-state index contributed by atoms with van der Waals surface area (Å²) in [4.78, 5) is 0. The Morgan fingerprint density at radius 1 is 1.05 bits per heavy atom. The van der Waals surface area contributed by atoms with Crippen LogP contribution in [0.25, 0.3) is 0 Å². The molecule has 0 rings (SSSR count). The zero-order chi connectivity index (χ0) is 14.8.